The fourth-order valence-electron chi connectivity index (χ4n) is 1.34. The highest BCUT2D eigenvalue weighted by Gasteiger charge is 2.04. The molecule has 0 fully saturated rings. The maximum atomic E-state index is 9.29. The number of aliphatic hydroxyl groups is 1. The van der Waals surface area contributed by atoms with Crippen molar-refractivity contribution >= 4 is 0 Å². The second-order valence-electron chi connectivity index (χ2n) is 3.19. The Morgan fingerprint density at radius 2 is 2.30 bits per heavy atom. The molecule has 0 saturated carbocycles. The topological polar surface area (TPSA) is 20.2 Å². The van der Waals surface area contributed by atoms with Crippen LogP contribution in [0, 0.1) is 0 Å². The molecule has 0 saturated heterocycles. The minimum Gasteiger partial charge on any atom is -0.393 e. The third kappa shape index (κ3) is 2.53. The molecule has 58 valence electrons. The van der Waals surface area contributed by atoms with Crippen molar-refractivity contribution in [2.24, 2.45) is 0 Å². The molecule has 1 atom stereocenters. The van der Waals surface area contributed by atoms with Gasteiger partial charge < -0.3 is 5.11 Å². The first-order valence-electron chi connectivity index (χ1n) is 4.13. The number of rotatable bonds is 0. The Bertz CT molecular complexity index is 127. The van der Waals surface area contributed by atoms with Gasteiger partial charge in [-0.15, -0.1) is 0 Å². The molecular weight excluding hydrogens is 124 g/mol. The Kier molecular flexibility index (Phi) is 2.94. The van der Waals surface area contributed by atoms with Gasteiger partial charge in [-0.05, 0) is 32.6 Å². The summed E-state index contributed by atoms with van der Waals surface area (Å²) < 4.78 is 0. The highest BCUT2D eigenvalue weighted by molar-refractivity contribution is 4.99. The first-order valence-corrected chi connectivity index (χ1v) is 4.13. The van der Waals surface area contributed by atoms with E-state index < -0.39 is 0 Å². The van der Waals surface area contributed by atoms with Crippen molar-refractivity contribution in [3.05, 3.63) is 11.6 Å². The van der Waals surface area contributed by atoms with Gasteiger partial charge in [-0.1, -0.05) is 18.1 Å². The lowest BCUT2D eigenvalue weighted by Crippen LogP contribution is -2.06. The summed E-state index contributed by atoms with van der Waals surface area (Å²) in [6.07, 6.45) is 7.62. The van der Waals surface area contributed by atoms with Gasteiger partial charge in [0.1, 0.15) is 0 Å². The molecule has 0 aliphatic heterocycles. The van der Waals surface area contributed by atoms with Gasteiger partial charge in [0.15, 0.2) is 0 Å². The Morgan fingerprint density at radius 1 is 1.50 bits per heavy atom. The molecule has 1 unspecified atom stereocenters. The minimum absolute atomic E-state index is 0.0738. The van der Waals surface area contributed by atoms with Crippen molar-refractivity contribution in [1.82, 2.24) is 0 Å². The van der Waals surface area contributed by atoms with E-state index in [9.17, 15) is 5.11 Å². The molecule has 0 amide bonds. The second kappa shape index (κ2) is 3.77. The lowest BCUT2D eigenvalue weighted by atomic mass is 9.99. The molecule has 0 spiro atoms. The molecule has 0 aromatic rings. The van der Waals surface area contributed by atoms with E-state index >= 15 is 0 Å². The van der Waals surface area contributed by atoms with Gasteiger partial charge in [-0.2, -0.15) is 0 Å². The molecule has 0 heterocycles. The standard InChI is InChI=1S/C9H16O/c1-8-4-2-3-5-9(10)7-6-8/h6,9-10H,2-5,7H2,1H3. The van der Waals surface area contributed by atoms with Gasteiger partial charge in [0.2, 0.25) is 0 Å². The average molecular weight is 140 g/mol. The van der Waals surface area contributed by atoms with Crippen LogP contribution in [0.1, 0.15) is 39.0 Å². The zero-order valence-electron chi connectivity index (χ0n) is 6.64. The van der Waals surface area contributed by atoms with Crippen molar-refractivity contribution in [2.45, 2.75) is 45.1 Å². The quantitative estimate of drug-likeness (QED) is 0.512. The van der Waals surface area contributed by atoms with Crippen molar-refractivity contribution < 1.29 is 5.11 Å². The molecule has 1 aliphatic carbocycles. The van der Waals surface area contributed by atoms with Crippen LogP contribution in [0.25, 0.3) is 0 Å². The molecular formula is C9H16O. The highest BCUT2D eigenvalue weighted by Crippen LogP contribution is 2.16. The Hall–Kier alpha value is -0.300. The monoisotopic (exact) mass is 140 g/mol. The van der Waals surface area contributed by atoms with Crippen LogP contribution in [0.15, 0.2) is 11.6 Å². The lowest BCUT2D eigenvalue weighted by molar-refractivity contribution is 0.162. The van der Waals surface area contributed by atoms with Crippen LogP contribution >= 0.6 is 0 Å². The van der Waals surface area contributed by atoms with E-state index in [0.29, 0.717) is 0 Å². The smallest absolute Gasteiger partial charge is 0.0574 e. The van der Waals surface area contributed by atoms with Crippen LogP contribution in [-0.4, -0.2) is 11.2 Å². The summed E-state index contributed by atoms with van der Waals surface area (Å²) in [6.45, 7) is 2.15. The van der Waals surface area contributed by atoms with E-state index in [1.165, 1.54) is 24.8 Å². The third-order valence-electron chi connectivity index (χ3n) is 2.10. The van der Waals surface area contributed by atoms with E-state index in [0.717, 1.165) is 12.8 Å². The van der Waals surface area contributed by atoms with Gasteiger partial charge in [-0.25, -0.2) is 0 Å². The average Bonchev–Trinajstić information content (AvgIpc) is 1.90. The largest absolute Gasteiger partial charge is 0.393 e. The summed E-state index contributed by atoms with van der Waals surface area (Å²) in [5.41, 5.74) is 1.44. The summed E-state index contributed by atoms with van der Waals surface area (Å²) in [6, 6.07) is 0. The highest BCUT2D eigenvalue weighted by atomic mass is 16.3. The molecule has 1 heteroatoms. The number of hydrogen-bond donors (Lipinski definition) is 1. The molecule has 0 aromatic carbocycles. The van der Waals surface area contributed by atoms with E-state index in [1.54, 1.807) is 0 Å². The molecule has 10 heavy (non-hydrogen) atoms. The van der Waals surface area contributed by atoms with Gasteiger partial charge in [0.05, 0.1) is 6.10 Å². The van der Waals surface area contributed by atoms with Crippen molar-refractivity contribution in [3.63, 3.8) is 0 Å². The van der Waals surface area contributed by atoms with E-state index in [1.807, 2.05) is 0 Å². The van der Waals surface area contributed by atoms with Gasteiger partial charge in [-0.3, -0.25) is 0 Å². The maximum Gasteiger partial charge on any atom is 0.0574 e. The molecule has 1 aliphatic rings. The van der Waals surface area contributed by atoms with E-state index in [2.05, 4.69) is 13.0 Å². The zero-order chi connectivity index (χ0) is 7.40. The first-order chi connectivity index (χ1) is 4.79. The number of allylic oxidation sites excluding steroid dienone is 1. The number of hydrogen-bond acceptors (Lipinski definition) is 1. The molecule has 0 bridgehead atoms. The fraction of sp³-hybridized carbons (Fsp3) is 0.778. The fourth-order valence-corrected chi connectivity index (χ4v) is 1.34. The molecule has 1 rings (SSSR count). The van der Waals surface area contributed by atoms with Crippen LogP contribution in [0.5, 0.6) is 0 Å². The second-order valence-corrected chi connectivity index (χ2v) is 3.19. The zero-order valence-corrected chi connectivity index (χ0v) is 6.64. The summed E-state index contributed by atoms with van der Waals surface area (Å²) in [5.74, 6) is 0. The van der Waals surface area contributed by atoms with Gasteiger partial charge in [0.25, 0.3) is 0 Å². The first kappa shape index (κ1) is 7.80. The van der Waals surface area contributed by atoms with Crippen LogP contribution in [0.2, 0.25) is 0 Å². The third-order valence-corrected chi connectivity index (χ3v) is 2.10. The van der Waals surface area contributed by atoms with Crippen LogP contribution in [0.4, 0.5) is 0 Å². The molecule has 0 radical (unpaired) electrons. The van der Waals surface area contributed by atoms with Crippen LogP contribution in [-0.2, 0) is 0 Å². The molecule has 1 N–H and O–H groups in total. The number of aliphatic hydroxyl groups excluding tert-OH is 1. The Morgan fingerprint density at radius 3 is 3.10 bits per heavy atom. The molecule has 1 nitrogen and oxygen atoms in total. The van der Waals surface area contributed by atoms with Crippen molar-refractivity contribution in [1.29, 1.82) is 0 Å². The van der Waals surface area contributed by atoms with Gasteiger partial charge >= 0.3 is 0 Å². The normalized spacial score (nSPS) is 28.6. The van der Waals surface area contributed by atoms with Crippen molar-refractivity contribution in [3.8, 4) is 0 Å². The SMILES string of the molecule is CC1=CCC(O)CCCC1. The Balaban J connectivity index is 2.42. The van der Waals surface area contributed by atoms with Crippen LogP contribution < -0.4 is 0 Å². The predicted molar refractivity (Wildman–Crippen MR) is 42.8 cm³/mol. The molecule has 0 aromatic heterocycles. The predicted octanol–water partition coefficient (Wildman–Crippen LogP) is 2.26. The minimum atomic E-state index is -0.0738. The Labute approximate surface area is 62.8 Å². The lowest BCUT2D eigenvalue weighted by Gasteiger charge is -2.12. The summed E-state index contributed by atoms with van der Waals surface area (Å²) in [7, 11) is 0. The maximum absolute atomic E-state index is 9.29. The van der Waals surface area contributed by atoms with Crippen LogP contribution in [0.3, 0.4) is 0 Å². The summed E-state index contributed by atoms with van der Waals surface area (Å²) >= 11 is 0. The summed E-state index contributed by atoms with van der Waals surface area (Å²) in [4.78, 5) is 0. The summed E-state index contributed by atoms with van der Waals surface area (Å²) in [5, 5.41) is 9.29. The van der Waals surface area contributed by atoms with Gasteiger partial charge in [0, 0.05) is 0 Å². The van der Waals surface area contributed by atoms with E-state index in [4.69, 9.17) is 0 Å². The van der Waals surface area contributed by atoms with E-state index in [-0.39, 0.29) is 6.10 Å². The van der Waals surface area contributed by atoms with Crippen molar-refractivity contribution in [2.75, 3.05) is 0 Å².